The molecular formula is C20H26N4O4. The summed E-state index contributed by atoms with van der Waals surface area (Å²) in [5.41, 5.74) is 2.93. The summed E-state index contributed by atoms with van der Waals surface area (Å²) in [6.45, 7) is 6.67. The Balaban J connectivity index is 1.66. The third-order valence-corrected chi connectivity index (χ3v) is 4.72. The molecule has 8 nitrogen and oxygen atoms in total. The largest absolute Gasteiger partial charge is 0.376 e. The monoisotopic (exact) mass is 386 g/mol. The number of benzene rings is 1. The van der Waals surface area contributed by atoms with Crippen molar-refractivity contribution in [2.45, 2.75) is 39.7 Å². The minimum absolute atomic E-state index is 0.0624. The summed E-state index contributed by atoms with van der Waals surface area (Å²) in [4.78, 5) is 26.7. The van der Waals surface area contributed by atoms with Gasteiger partial charge in [0, 0.05) is 24.9 Å². The third kappa shape index (κ3) is 5.32. The summed E-state index contributed by atoms with van der Waals surface area (Å²) in [7, 11) is 0. The fourth-order valence-electron chi connectivity index (χ4n) is 3.06. The molecule has 1 aliphatic rings. The van der Waals surface area contributed by atoms with Crippen LogP contribution in [0.3, 0.4) is 0 Å². The van der Waals surface area contributed by atoms with Crippen LogP contribution in [0.1, 0.15) is 29.7 Å². The molecule has 8 heteroatoms. The van der Waals surface area contributed by atoms with E-state index in [0.29, 0.717) is 30.4 Å². The van der Waals surface area contributed by atoms with E-state index in [1.807, 2.05) is 32.0 Å². The van der Waals surface area contributed by atoms with E-state index >= 15 is 0 Å². The Bertz CT molecular complexity index is 842. The number of nitrogens with zero attached hydrogens (tertiary/aromatic N) is 2. The molecule has 1 aromatic heterocycles. The lowest BCUT2D eigenvalue weighted by Gasteiger charge is -2.25. The molecule has 0 spiro atoms. The highest BCUT2D eigenvalue weighted by Crippen LogP contribution is 2.17. The molecule has 1 fully saturated rings. The van der Waals surface area contributed by atoms with E-state index in [-0.39, 0.29) is 24.6 Å². The standard InChI is InChI=1S/C20H26N4O4/c1-13-6-7-16(9-14(13)2)21-20(26)24(11-17-5-4-8-27-17)12-19(25)22-18-10-15(3)28-23-18/h6-7,9-10,17H,4-5,8,11-12H2,1-3H3,(H,21,26)(H,22,23,25). The van der Waals surface area contributed by atoms with Crippen LogP contribution >= 0.6 is 0 Å². The van der Waals surface area contributed by atoms with Gasteiger partial charge in [-0.05, 0) is 56.9 Å². The van der Waals surface area contributed by atoms with Gasteiger partial charge in [0.2, 0.25) is 5.91 Å². The van der Waals surface area contributed by atoms with Crippen LogP contribution in [-0.4, -0.2) is 47.8 Å². The first kappa shape index (κ1) is 19.9. The molecule has 1 atom stereocenters. The van der Waals surface area contributed by atoms with Crippen molar-refractivity contribution in [3.8, 4) is 0 Å². The molecule has 0 saturated carbocycles. The van der Waals surface area contributed by atoms with Gasteiger partial charge in [0.15, 0.2) is 5.82 Å². The second-order valence-corrected chi connectivity index (χ2v) is 7.12. The minimum atomic E-state index is -0.346. The number of anilines is 2. The SMILES string of the molecule is Cc1cc(NC(=O)CN(CC2CCCO2)C(=O)Nc2ccc(C)c(C)c2)no1. The Morgan fingerprint density at radius 2 is 2.00 bits per heavy atom. The molecule has 2 N–H and O–H groups in total. The van der Waals surface area contributed by atoms with E-state index in [2.05, 4.69) is 15.8 Å². The maximum atomic E-state index is 12.8. The Morgan fingerprint density at radius 3 is 2.64 bits per heavy atom. The summed E-state index contributed by atoms with van der Waals surface area (Å²) >= 11 is 0. The number of aryl methyl sites for hydroxylation is 3. The van der Waals surface area contributed by atoms with E-state index in [4.69, 9.17) is 9.26 Å². The van der Waals surface area contributed by atoms with E-state index in [0.717, 1.165) is 24.0 Å². The zero-order valence-corrected chi connectivity index (χ0v) is 16.4. The van der Waals surface area contributed by atoms with Crippen LogP contribution in [0.5, 0.6) is 0 Å². The van der Waals surface area contributed by atoms with E-state index in [1.165, 1.54) is 4.90 Å². The van der Waals surface area contributed by atoms with Crippen molar-refractivity contribution in [2.75, 3.05) is 30.3 Å². The van der Waals surface area contributed by atoms with Gasteiger partial charge in [-0.25, -0.2) is 4.79 Å². The lowest BCUT2D eigenvalue weighted by molar-refractivity contribution is -0.117. The summed E-state index contributed by atoms with van der Waals surface area (Å²) in [5, 5.41) is 9.27. The number of nitrogens with one attached hydrogen (secondary N) is 2. The first-order chi connectivity index (χ1) is 13.4. The first-order valence-electron chi connectivity index (χ1n) is 9.38. The molecule has 0 radical (unpaired) electrons. The molecule has 2 heterocycles. The Hall–Kier alpha value is -2.87. The van der Waals surface area contributed by atoms with Crippen molar-refractivity contribution in [1.82, 2.24) is 10.1 Å². The average molecular weight is 386 g/mol. The molecule has 1 unspecified atom stereocenters. The highest BCUT2D eigenvalue weighted by molar-refractivity contribution is 5.96. The summed E-state index contributed by atoms with van der Waals surface area (Å²) in [5.74, 6) is 0.578. The highest BCUT2D eigenvalue weighted by Gasteiger charge is 2.25. The Labute approximate surface area is 164 Å². The summed E-state index contributed by atoms with van der Waals surface area (Å²) in [6.07, 6.45) is 1.77. The maximum absolute atomic E-state index is 12.8. The molecule has 1 aromatic carbocycles. The maximum Gasteiger partial charge on any atom is 0.322 e. The first-order valence-corrected chi connectivity index (χ1v) is 9.38. The molecule has 150 valence electrons. The van der Waals surface area contributed by atoms with Crippen LogP contribution in [0, 0.1) is 20.8 Å². The van der Waals surface area contributed by atoms with Gasteiger partial charge in [-0.1, -0.05) is 11.2 Å². The molecule has 28 heavy (non-hydrogen) atoms. The number of ether oxygens (including phenoxy) is 1. The fourth-order valence-corrected chi connectivity index (χ4v) is 3.06. The zero-order chi connectivity index (χ0) is 20.1. The topological polar surface area (TPSA) is 96.7 Å². The van der Waals surface area contributed by atoms with Crippen LogP contribution in [0.4, 0.5) is 16.3 Å². The van der Waals surface area contributed by atoms with Gasteiger partial charge in [-0.3, -0.25) is 4.79 Å². The smallest absolute Gasteiger partial charge is 0.322 e. The quantitative estimate of drug-likeness (QED) is 0.794. The van der Waals surface area contributed by atoms with Crippen LogP contribution in [0.25, 0.3) is 0 Å². The number of hydrogen-bond acceptors (Lipinski definition) is 5. The fraction of sp³-hybridized carbons (Fsp3) is 0.450. The van der Waals surface area contributed by atoms with Crippen molar-refractivity contribution in [3.63, 3.8) is 0 Å². The number of carbonyl (C=O) groups excluding carboxylic acids is 2. The van der Waals surface area contributed by atoms with Gasteiger partial charge in [-0.15, -0.1) is 0 Å². The number of rotatable bonds is 6. The number of carbonyl (C=O) groups is 2. The van der Waals surface area contributed by atoms with Crippen LogP contribution in [0.2, 0.25) is 0 Å². The second-order valence-electron chi connectivity index (χ2n) is 7.12. The van der Waals surface area contributed by atoms with Crippen LogP contribution in [-0.2, 0) is 9.53 Å². The minimum Gasteiger partial charge on any atom is -0.376 e. The average Bonchev–Trinajstić information content (AvgIpc) is 3.29. The Kier molecular flexibility index (Phi) is 6.30. The van der Waals surface area contributed by atoms with Crippen LogP contribution in [0.15, 0.2) is 28.8 Å². The van der Waals surface area contributed by atoms with Crippen molar-refractivity contribution in [3.05, 3.63) is 41.2 Å². The molecule has 3 amide bonds. The van der Waals surface area contributed by atoms with Crippen molar-refractivity contribution >= 4 is 23.4 Å². The van der Waals surface area contributed by atoms with E-state index < -0.39 is 0 Å². The predicted molar refractivity (Wildman–Crippen MR) is 105 cm³/mol. The normalized spacial score (nSPS) is 16.0. The number of aromatic nitrogens is 1. The van der Waals surface area contributed by atoms with Gasteiger partial charge in [-0.2, -0.15) is 0 Å². The van der Waals surface area contributed by atoms with Gasteiger partial charge >= 0.3 is 6.03 Å². The van der Waals surface area contributed by atoms with Crippen molar-refractivity contribution < 1.29 is 18.8 Å². The van der Waals surface area contributed by atoms with Gasteiger partial charge in [0.25, 0.3) is 0 Å². The molecule has 1 saturated heterocycles. The number of urea groups is 1. The number of amides is 3. The number of hydrogen-bond donors (Lipinski definition) is 2. The highest BCUT2D eigenvalue weighted by atomic mass is 16.5. The molecule has 0 bridgehead atoms. The lowest BCUT2D eigenvalue weighted by Crippen LogP contribution is -2.44. The molecule has 1 aliphatic heterocycles. The Morgan fingerprint density at radius 1 is 1.18 bits per heavy atom. The molecular weight excluding hydrogens is 360 g/mol. The van der Waals surface area contributed by atoms with Gasteiger partial charge < -0.3 is 24.8 Å². The molecule has 2 aromatic rings. The van der Waals surface area contributed by atoms with Crippen molar-refractivity contribution in [2.24, 2.45) is 0 Å². The predicted octanol–water partition coefficient (Wildman–Crippen LogP) is 3.25. The summed E-state index contributed by atoms with van der Waals surface area (Å²) < 4.78 is 10.6. The lowest BCUT2D eigenvalue weighted by atomic mass is 10.1. The van der Waals surface area contributed by atoms with E-state index in [9.17, 15) is 9.59 Å². The molecule has 0 aliphatic carbocycles. The van der Waals surface area contributed by atoms with Gasteiger partial charge in [0.1, 0.15) is 12.3 Å². The van der Waals surface area contributed by atoms with Gasteiger partial charge in [0.05, 0.1) is 6.10 Å². The summed E-state index contributed by atoms with van der Waals surface area (Å²) in [6, 6.07) is 7.00. The third-order valence-electron chi connectivity index (χ3n) is 4.72. The van der Waals surface area contributed by atoms with Crippen molar-refractivity contribution in [1.29, 1.82) is 0 Å². The zero-order valence-electron chi connectivity index (χ0n) is 16.4. The van der Waals surface area contributed by atoms with E-state index in [1.54, 1.807) is 13.0 Å². The van der Waals surface area contributed by atoms with Crippen LogP contribution < -0.4 is 10.6 Å². The second kappa shape index (κ2) is 8.88. The molecule has 3 rings (SSSR count).